The summed E-state index contributed by atoms with van der Waals surface area (Å²) in [5.41, 5.74) is 5.22. The minimum atomic E-state index is -0.719. The molecule has 2 fully saturated rings. The number of carbonyl (C=O) groups excluding carboxylic acids is 2. The minimum absolute atomic E-state index is 0.145. The Morgan fingerprint density at radius 1 is 1.47 bits per heavy atom. The summed E-state index contributed by atoms with van der Waals surface area (Å²) in [6, 6.07) is -0.719. The van der Waals surface area contributed by atoms with Gasteiger partial charge in [0.2, 0.25) is 5.91 Å². The van der Waals surface area contributed by atoms with Gasteiger partial charge in [-0.05, 0) is 0 Å². The molecule has 0 radical (unpaired) electrons. The van der Waals surface area contributed by atoms with Gasteiger partial charge in [-0.25, -0.2) is 0 Å². The molecule has 4 N–H and O–H groups in total. The molecule has 7 nitrogen and oxygen atoms in total. The normalized spacial score (nSPS) is 33.7. The molecule has 0 spiro atoms. The summed E-state index contributed by atoms with van der Waals surface area (Å²) >= 11 is 0. The van der Waals surface area contributed by atoms with Gasteiger partial charge in [-0.2, -0.15) is 0 Å². The van der Waals surface area contributed by atoms with Crippen molar-refractivity contribution >= 4 is 11.8 Å². The number of likely N-dealkylation sites (tertiary alicyclic amines) is 1. The molecule has 0 bridgehead atoms. The predicted molar refractivity (Wildman–Crippen MR) is 57.9 cm³/mol. The van der Waals surface area contributed by atoms with Crippen molar-refractivity contribution in [1.82, 2.24) is 10.2 Å². The molecule has 96 valence electrons. The fourth-order valence-corrected chi connectivity index (χ4v) is 2.24. The van der Waals surface area contributed by atoms with Crippen molar-refractivity contribution in [3.8, 4) is 0 Å². The highest BCUT2D eigenvalue weighted by Crippen LogP contribution is 2.19. The van der Waals surface area contributed by atoms with Crippen LogP contribution in [0.1, 0.15) is 6.42 Å². The fourth-order valence-electron chi connectivity index (χ4n) is 2.24. The van der Waals surface area contributed by atoms with Crippen molar-refractivity contribution in [3.63, 3.8) is 0 Å². The average molecular weight is 243 g/mol. The van der Waals surface area contributed by atoms with E-state index in [0.29, 0.717) is 19.7 Å². The lowest BCUT2D eigenvalue weighted by atomic mass is 10.2. The number of carbonyl (C=O) groups is 2. The second kappa shape index (κ2) is 4.99. The first-order chi connectivity index (χ1) is 8.09. The molecule has 2 heterocycles. The van der Waals surface area contributed by atoms with Crippen LogP contribution in [0.15, 0.2) is 0 Å². The molecule has 0 aromatic heterocycles. The molecule has 0 saturated carbocycles. The first-order valence-electron chi connectivity index (χ1n) is 5.69. The van der Waals surface area contributed by atoms with E-state index in [1.165, 1.54) is 4.90 Å². The number of morpholine rings is 1. The summed E-state index contributed by atoms with van der Waals surface area (Å²) in [5.74, 6) is -0.865. The van der Waals surface area contributed by atoms with Crippen LogP contribution in [0.4, 0.5) is 0 Å². The number of primary amides is 1. The van der Waals surface area contributed by atoms with Gasteiger partial charge in [0.25, 0.3) is 5.91 Å². The van der Waals surface area contributed by atoms with Gasteiger partial charge in [0, 0.05) is 26.1 Å². The lowest BCUT2D eigenvalue weighted by Crippen LogP contribution is -2.53. The van der Waals surface area contributed by atoms with E-state index < -0.39 is 24.2 Å². The van der Waals surface area contributed by atoms with Crippen LogP contribution < -0.4 is 11.1 Å². The van der Waals surface area contributed by atoms with E-state index in [2.05, 4.69) is 5.32 Å². The molecule has 0 aromatic carbocycles. The number of aliphatic hydroxyl groups excluding tert-OH is 1. The van der Waals surface area contributed by atoms with E-state index in [4.69, 9.17) is 10.5 Å². The summed E-state index contributed by atoms with van der Waals surface area (Å²) in [6.07, 6.45) is -1.06. The predicted octanol–water partition coefficient (Wildman–Crippen LogP) is -2.58. The average Bonchev–Trinajstić information content (AvgIpc) is 2.72. The van der Waals surface area contributed by atoms with Gasteiger partial charge in [-0.3, -0.25) is 9.59 Å². The van der Waals surface area contributed by atoms with Crippen molar-refractivity contribution in [2.24, 2.45) is 5.73 Å². The maximum absolute atomic E-state index is 12.1. The Balaban J connectivity index is 2.04. The summed E-state index contributed by atoms with van der Waals surface area (Å²) in [6.45, 7) is 1.75. The zero-order valence-corrected chi connectivity index (χ0v) is 9.46. The van der Waals surface area contributed by atoms with Crippen LogP contribution in [-0.2, 0) is 14.3 Å². The molecule has 3 unspecified atom stereocenters. The third kappa shape index (κ3) is 2.56. The van der Waals surface area contributed by atoms with E-state index in [1.807, 2.05) is 0 Å². The van der Waals surface area contributed by atoms with Crippen LogP contribution >= 0.6 is 0 Å². The molecular formula is C10H17N3O4. The molecular weight excluding hydrogens is 226 g/mol. The number of rotatable bonds is 2. The Hall–Kier alpha value is -1.18. The number of hydrogen-bond acceptors (Lipinski definition) is 5. The van der Waals surface area contributed by atoms with Crippen molar-refractivity contribution in [2.45, 2.75) is 24.7 Å². The van der Waals surface area contributed by atoms with Gasteiger partial charge >= 0.3 is 0 Å². The standard InChI is InChI=1S/C10H17N3O4/c11-9(15)7-3-6(14)5-13(7)10(16)8-4-12-1-2-17-8/h6-8,12,14H,1-5H2,(H2,11,15). The Labute approximate surface area is 98.9 Å². The number of ether oxygens (including phenoxy) is 1. The molecule has 0 aliphatic carbocycles. The number of hydrogen-bond donors (Lipinski definition) is 3. The van der Waals surface area contributed by atoms with Crippen LogP contribution in [0.3, 0.4) is 0 Å². The highest BCUT2D eigenvalue weighted by Gasteiger charge is 2.40. The molecule has 3 atom stereocenters. The molecule has 7 heteroatoms. The number of nitrogens with zero attached hydrogens (tertiary/aromatic N) is 1. The van der Waals surface area contributed by atoms with Gasteiger partial charge in [-0.15, -0.1) is 0 Å². The van der Waals surface area contributed by atoms with Crippen LogP contribution in [-0.4, -0.2) is 66.3 Å². The maximum atomic E-state index is 12.1. The number of nitrogens with two attached hydrogens (primary N) is 1. The summed E-state index contributed by atoms with van der Waals surface area (Å²) in [4.78, 5) is 24.6. The quantitative estimate of drug-likeness (QED) is 0.494. The largest absolute Gasteiger partial charge is 0.391 e. The van der Waals surface area contributed by atoms with Gasteiger partial charge < -0.3 is 25.8 Å². The summed E-state index contributed by atoms with van der Waals surface area (Å²) in [7, 11) is 0. The molecule has 2 aliphatic heterocycles. The summed E-state index contributed by atoms with van der Waals surface area (Å²) in [5, 5.41) is 12.6. The van der Waals surface area contributed by atoms with Gasteiger partial charge in [0.15, 0.2) is 0 Å². The van der Waals surface area contributed by atoms with Crippen LogP contribution in [0.2, 0.25) is 0 Å². The molecule has 2 amide bonds. The highest BCUT2D eigenvalue weighted by atomic mass is 16.5. The van der Waals surface area contributed by atoms with Crippen LogP contribution in [0.5, 0.6) is 0 Å². The zero-order chi connectivity index (χ0) is 12.4. The molecule has 17 heavy (non-hydrogen) atoms. The van der Waals surface area contributed by atoms with E-state index in [0.717, 1.165) is 0 Å². The lowest BCUT2D eigenvalue weighted by Gasteiger charge is -2.29. The van der Waals surface area contributed by atoms with Crippen LogP contribution in [0, 0.1) is 0 Å². The van der Waals surface area contributed by atoms with Crippen LogP contribution in [0.25, 0.3) is 0 Å². The van der Waals surface area contributed by atoms with Gasteiger partial charge in [0.05, 0.1) is 12.7 Å². The Morgan fingerprint density at radius 2 is 2.24 bits per heavy atom. The number of amides is 2. The lowest BCUT2D eigenvalue weighted by molar-refractivity contribution is -0.149. The first-order valence-corrected chi connectivity index (χ1v) is 5.69. The van der Waals surface area contributed by atoms with E-state index in [9.17, 15) is 14.7 Å². The monoisotopic (exact) mass is 243 g/mol. The molecule has 2 aliphatic rings. The molecule has 2 saturated heterocycles. The maximum Gasteiger partial charge on any atom is 0.253 e. The zero-order valence-electron chi connectivity index (χ0n) is 9.46. The Morgan fingerprint density at radius 3 is 2.82 bits per heavy atom. The number of β-amino-alcohol motifs (C(OH)–C–C–N with tert-alkyl or cyclic N) is 1. The second-order valence-electron chi connectivity index (χ2n) is 4.36. The van der Waals surface area contributed by atoms with E-state index in [-0.39, 0.29) is 18.9 Å². The molecule has 0 aromatic rings. The Kier molecular flexibility index (Phi) is 3.60. The number of aliphatic hydroxyl groups is 1. The van der Waals surface area contributed by atoms with Crippen molar-refractivity contribution in [3.05, 3.63) is 0 Å². The second-order valence-corrected chi connectivity index (χ2v) is 4.36. The van der Waals surface area contributed by atoms with Crippen molar-refractivity contribution < 1.29 is 19.4 Å². The first kappa shape index (κ1) is 12.3. The van der Waals surface area contributed by atoms with Gasteiger partial charge in [-0.1, -0.05) is 0 Å². The van der Waals surface area contributed by atoms with Crippen molar-refractivity contribution in [1.29, 1.82) is 0 Å². The van der Waals surface area contributed by atoms with Gasteiger partial charge in [0.1, 0.15) is 12.1 Å². The summed E-state index contributed by atoms with van der Waals surface area (Å²) < 4.78 is 5.33. The minimum Gasteiger partial charge on any atom is -0.391 e. The third-order valence-electron chi connectivity index (χ3n) is 3.09. The van der Waals surface area contributed by atoms with E-state index in [1.54, 1.807) is 0 Å². The Bertz CT molecular complexity index is 317. The van der Waals surface area contributed by atoms with E-state index >= 15 is 0 Å². The topological polar surface area (TPSA) is 105 Å². The third-order valence-corrected chi connectivity index (χ3v) is 3.09. The SMILES string of the molecule is NC(=O)C1CC(O)CN1C(=O)C1CNCCO1. The smallest absolute Gasteiger partial charge is 0.253 e. The fraction of sp³-hybridized carbons (Fsp3) is 0.800. The number of nitrogens with one attached hydrogen (secondary N) is 1. The highest BCUT2D eigenvalue weighted by molar-refractivity contribution is 5.89. The molecule has 2 rings (SSSR count). The van der Waals surface area contributed by atoms with Crippen molar-refractivity contribution in [2.75, 3.05) is 26.2 Å².